The summed E-state index contributed by atoms with van der Waals surface area (Å²) in [7, 11) is 0. The van der Waals surface area contributed by atoms with Gasteiger partial charge in [0.2, 0.25) is 0 Å². The first-order valence-electron chi connectivity index (χ1n) is 4.73. The van der Waals surface area contributed by atoms with Gasteiger partial charge in [-0.2, -0.15) is 36.4 Å². The van der Waals surface area contributed by atoms with Crippen molar-refractivity contribution in [1.82, 2.24) is 0 Å². The fourth-order valence-electron chi connectivity index (χ4n) is 1.47. The van der Waals surface area contributed by atoms with Crippen molar-refractivity contribution in [2.45, 2.75) is 13.8 Å². The molecule has 0 amide bonds. The molecular formula is C14H12Y11-2. The minimum absolute atomic E-state index is 0. The Kier molecular flexibility index (Phi) is 108. The predicted octanol–water partition coefficient (Wildman–Crippen LogP) is 3.54. The van der Waals surface area contributed by atoms with Crippen molar-refractivity contribution in [2.75, 3.05) is 0 Å². The summed E-state index contributed by atoms with van der Waals surface area (Å²) < 4.78 is 0. The van der Waals surface area contributed by atoms with Gasteiger partial charge in [-0.3, -0.25) is 0 Å². The maximum Gasteiger partial charge on any atom is 0 e. The molecule has 0 heterocycles. The Balaban J connectivity index is -0.0000000256. The third kappa shape index (κ3) is 30.7. The van der Waals surface area contributed by atoms with Crippen LogP contribution in [0.2, 0.25) is 0 Å². The maximum absolute atomic E-state index is 3.22. The predicted molar refractivity (Wildman–Crippen MR) is 59.0 cm³/mol. The average Bonchev–Trinajstić information content (AvgIpc) is 2.18. The normalized spacial score (nSPS) is 5.68. The Morgan fingerprint density at radius 3 is 0.920 bits per heavy atom. The summed E-state index contributed by atoms with van der Waals surface area (Å²) in [5.41, 5.74) is 4.75. The van der Waals surface area contributed by atoms with Crippen LogP contribution in [0.1, 0.15) is 11.1 Å². The van der Waals surface area contributed by atoms with Crippen molar-refractivity contribution in [1.29, 1.82) is 0 Å². The summed E-state index contributed by atoms with van der Waals surface area (Å²) in [6.07, 6.45) is 0. The van der Waals surface area contributed by atoms with Crippen molar-refractivity contribution in [3.63, 3.8) is 0 Å². The second kappa shape index (κ2) is 41.7. The van der Waals surface area contributed by atoms with Crippen LogP contribution in [0.4, 0.5) is 0 Å². The second-order valence-corrected chi connectivity index (χ2v) is 3.56. The van der Waals surface area contributed by atoms with Crippen molar-refractivity contribution in [3.05, 3.63) is 59.7 Å². The van der Waals surface area contributed by atoms with Crippen LogP contribution in [-0.4, -0.2) is 0 Å². The van der Waals surface area contributed by atoms with Gasteiger partial charge in [0.1, 0.15) is 0 Å². The Labute approximate surface area is 430 Å². The standard InChI is InChI=1S/C14H12.11Y/c1-11-5-3-7-13(9-11)14-8-4-6-12(2)10-14;;;;;;;;;;;/h3-6,9-10H,1-2H3;;;;;;;;;;;/q-2;;;;;;;;;;;. The van der Waals surface area contributed by atoms with E-state index in [9.17, 15) is 0 Å². The summed E-state index contributed by atoms with van der Waals surface area (Å²) in [5.74, 6) is 0. The first-order valence-corrected chi connectivity index (χ1v) is 4.73. The molecule has 0 unspecified atom stereocenters. The molecule has 0 fully saturated rings. The molecule has 0 aliphatic heterocycles. The molecule has 0 saturated carbocycles. The van der Waals surface area contributed by atoms with Crippen LogP contribution >= 0.6 is 0 Å². The number of hydrogen-bond donors (Lipinski definition) is 0. The zero-order valence-electron chi connectivity index (χ0n) is 14.8. The smallest absolute Gasteiger partial charge is 0 e. The van der Waals surface area contributed by atoms with Crippen LogP contribution in [0.5, 0.6) is 0 Å². The van der Waals surface area contributed by atoms with Crippen LogP contribution in [0, 0.1) is 26.0 Å². The molecule has 0 spiro atoms. The quantitative estimate of drug-likeness (QED) is 0.384. The molecular weight excluding hydrogens is 1150 g/mol. The van der Waals surface area contributed by atoms with Gasteiger partial charge < -0.3 is 0 Å². The van der Waals surface area contributed by atoms with Gasteiger partial charge in [0.05, 0.1) is 0 Å². The van der Waals surface area contributed by atoms with Crippen molar-refractivity contribution < 1.29 is 360 Å². The fourth-order valence-corrected chi connectivity index (χ4v) is 1.47. The molecule has 0 N–H and O–H groups in total. The van der Waals surface area contributed by atoms with E-state index in [0.717, 1.165) is 11.1 Å². The molecule has 0 aliphatic carbocycles. The number of hydrogen-bond acceptors (Lipinski definition) is 0. The summed E-state index contributed by atoms with van der Waals surface area (Å²) in [6.45, 7) is 4.18. The van der Waals surface area contributed by atoms with Crippen LogP contribution in [0.3, 0.4) is 0 Å². The van der Waals surface area contributed by atoms with Gasteiger partial charge in [0.15, 0.2) is 0 Å². The van der Waals surface area contributed by atoms with E-state index in [4.69, 9.17) is 0 Å². The zero-order chi connectivity index (χ0) is 9.97. The molecule has 103 valence electrons. The summed E-state index contributed by atoms with van der Waals surface area (Å²) in [5, 5.41) is 0. The Morgan fingerprint density at radius 1 is 0.480 bits per heavy atom. The topological polar surface area (TPSA) is 0 Å². The molecule has 0 bridgehead atoms. The molecule has 0 nitrogen and oxygen atoms in total. The molecule has 25 heavy (non-hydrogen) atoms. The van der Waals surface area contributed by atoms with E-state index in [0.29, 0.717) is 0 Å². The van der Waals surface area contributed by atoms with Gasteiger partial charge in [-0.15, -0.1) is 23.3 Å². The fraction of sp³-hybridized carbons (Fsp3) is 0.143. The van der Waals surface area contributed by atoms with E-state index >= 15 is 0 Å². The van der Waals surface area contributed by atoms with Crippen LogP contribution in [0.25, 0.3) is 11.1 Å². The Morgan fingerprint density at radius 2 is 0.720 bits per heavy atom. The van der Waals surface area contributed by atoms with Gasteiger partial charge in [-0.05, 0) is 0 Å². The van der Waals surface area contributed by atoms with E-state index in [-0.39, 0.29) is 360 Å². The van der Waals surface area contributed by atoms with Crippen LogP contribution in [0.15, 0.2) is 36.4 Å². The zero-order valence-corrected chi connectivity index (χ0v) is 46.0. The number of rotatable bonds is 1. The van der Waals surface area contributed by atoms with E-state index in [1.165, 1.54) is 11.1 Å². The van der Waals surface area contributed by atoms with E-state index in [1.807, 2.05) is 12.1 Å². The first kappa shape index (κ1) is 65.0. The largest absolute Gasteiger partial charge is 0.226 e. The third-order valence-corrected chi connectivity index (χ3v) is 2.20. The third-order valence-electron chi connectivity index (χ3n) is 2.20. The minimum atomic E-state index is 0. The Bertz CT molecular complexity index is 423. The van der Waals surface area contributed by atoms with E-state index in [2.05, 4.69) is 50.2 Å². The maximum atomic E-state index is 3.22. The van der Waals surface area contributed by atoms with Gasteiger partial charge >= 0.3 is 0 Å². The SMILES string of the molecule is Cc1cc[c-]c(-c2[c-]ccc(C)c2)c1.[Y].[Y].[Y].[Y].[Y].[Y].[Y].[Y].[Y].[Y].[Y]. The van der Waals surface area contributed by atoms with E-state index < -0.39 is 0 Å². The van der Waals surface area contributed by atoms with E-state index in [1.54, 1.807) is 0 Å². The molecule has 0 aliphatic rings. The molecule has 0 aromatic heterocycles. The van der Waals surface area contributed by atoms with Gasteiger partial charge in [-0.1, -0.05) is 13.8 Å². The van der Waals surface area contributed by atoms with Gasteiger partial charge in [0.25, 0.3) is 0 Å². The van der Waals surface area contributed by atoms with Crippen LogP contribution in [-0.2, 0) is 360 Å². The molecule has 2 rings (SSSR count). The van der Waals surface area contributed by atoms with Crippen molar-refractivity contribution >= 4 is 0 Å². The number of benzene rings is 2. The average molecular weight is 1160 g/mol. The summed E-state index contributed by atoms with van der Waals surface area (Å²) in [6, 6.07) is 18.7. The van der Waals surface area contributed by atoms with Crippen molar-refractivity contribution in [3.8, 4) is 11.1 Å². The summed E-state index contributed by atoms with van der Waals surface area (Å²) in [4.78, 5) is 0. The monoisotopic (exact) mass is 1160 g/mol. The van der Waals surface area contributed by atoms with Crippen molar-refractivity contribution in [2.24, 2.45) is 0 Å². The molecule has 11 heteroatoms. The second-order valence-electron chi connectivity index (χ2n) is 3.56. The molecule has 0 saturated heterocycles. The molecule has 2 aromatic rings. The first-order chi connectivity index (χ1) is 6.75. The number of aryl methyl sites for hydroxylation is 2. The van der Waals surface area contributed by atoms with Gasteiger partial charge in [-0.25, -0.2) is 11.1 Å². The Hall–Kier alpha value is 10.6. The van der Waals surface area contributed by atoms with Crippen LogP contribution < -0.4 is 0 Å². The summed E-state index contributed by atoms with van der Waals surface area (Å²) >= 11 is 0. The molecule has 0 atom stereocenters. The van der Waals surface area contributed by atoms with Gasteiger partial charge in [0, 0.05) is 360 Å². The minimum Gasteiger partial charge on any atom is -0.226 e. The molecule has 2 aromatic carbocycles. The molecule has 11 radical (unpaired) electrons.